The Labute approximate surface area is 71.7 Å². The average molecular weight is 162 g/mol. The molecule has 0 nitrogen and oxygen atoms in total. The van der Waals surface area contributed by atoms with Gasteiger partial charge in [0, 0.05) is 0 Å². The Kier molecular flexibility index (Phi) is 1.72. The summed E-state index contributed by atoms with van der Waals surface area (Å²) < 4.78 is 12.8. The minimum atomic E-state index is -0.123. The SMILES string of the molecule is CC1=Cc2ccc(F)cc2CC1. The lowest BCUT2D eigenvalue weighted by molar-refractivity contribution is 0.624. The third kappa shape index (κ3) is 1.27. The van der Waals surface area contributed by atoms with E-state index < -0.39 is 0 Å². The van der Waals surface area contributed by atoms with Crippen molar-refractivity contribution in [3.63, 3.8) is 0 Å². The summed E-state index contributed by atoms with van der Waals surface area (Å²) in [5, 5.41) is 0. The van der Waals surface area contributed by atoms with Crippen molar-refractivity contribution in [2.24, 2.45) is 0 Å². The molecule has 0 amide bonds. The van der Waals surface area contributed by atoms with E-state index in [9.17, 15) is 4.39 Å². The molecule has 62 valence electrons. The number of hydrogen-bond acceptors (Lipinski definition) is 0. The predicted octanol–water partition coefficient (Wildman–Crippen LogP) is 3.18. The molecule has 0 spiro atoms. The second-order valence-corrected chi connectivity index (χ2v) is 3.33. The number of aryl methyl sites for hydroxylation is 1. The zero-order valence-electron chi connectivity index (χ0n) is 7.10. The van der Waals surface area contributed by atoms with Gasteiger partial charge in [0.25, 0.3) is 0 Å². The van der Waals surface area contributed by atoms with Crippen molar-refractivity contribution in [1.82, 2.24) is 0 Å². The molecule has 0 radical (unpaired) electrons. The van der Waals surface area contributed by atoms with Gasteiger partial charge in [-0.2, -0.15) is 0 Å². The number of benzene rings is 1. The fourth-order valence-electron chi connectivity index (χ4n) is 1.60. The Hall–Kier alpha value is -1.11. The smallest absolute Gasteiger partial charge is 0.123 e. The largest absolute Gasteiger partial charge is 0.207 e. The highest BCUT2D eigenvalue weighted by Gasteiger charge is 2.07. The molecule has 0 atom stereocenters. The van der Waals surface area contributed by atoms with E-state index in [1.807, 2.05) is 6.07 Å². The van der Waals surface area contributed by atoms with Gasteiger partial charge in [-0.3, -0.25) is 0 Å². The van der Waals surface area contributed by atoms with Crippen LogP contribution in [0.4, 0.5) is 4.39 Å². The lowest BCUT2D eigenvalue weighted by Crippen LogP contribution is -1.97. The van der Waals surface area contributed by atoms with E-state index in [0.717, 1.165) is 18.4 Å². The van der Waals surface area contributed by atoms with Crippen molar-refractivity contribution in [3.05, 3.63) is 40.7 Å². The summed E-state index contributed by atoms with van der Waals surface area (Å²) in [6.07, 6.45) is 4.18. The highest BCUT2D eigenvalue weighted by atomic mass is 19.1. The van der Waals surface area contributed by atoms with Gasteiger partial charge in [-0.15, -0.1) is 0 Å². The van der Waals surface area contributed by atoms with Crippen LogP contribution in [-0.2, 0) is 6.42 Å². The van der Waals surface area contributed by atoms with Crippen molar-refractivity contribution in [1.29, 1.82) is 0 Å². The summed E-state index contributed by atoms with van der Waals surface area (Å²) >= 11 is 0. The molecule has 0 aromatic heterocycles. The molecule has 1 aliphatic carbocycles. The first-order valence-electron chi connectivity index (χ1n) is 4.21. The van der Waals surface area contributed by atoms with Gasteiger partial charge in [-0.05, 0) is 43.0 Å². The first kappa shape index (κ1) is 7.53. The lowest BCUT2D eigenvalue weighted by Gasteiger charge is -2.13. The van der Waals surface area contributed by atoms with E-state index in [4.69, 9.17) is 0 Å². The maximum absolute atomic E-state index is 12.8. The second kappa shape index (κ2) is 2.74. The molecule has 0 saturated heterocycles. The Morgan fingerprint density at radius 1 is 1.25 bits per heavy atom. The Bertz CT molecular complexity index is 337. The van der Waals surface area contributed by atoms with Gasteiger partial charge < -0.3 is 0 Å². The van der Waals surface area contributed by atoms with Gasteiger partial charge in [0.05, 0.1) is 0 Å². The number of hydrogen-bond donors (Lipinski definition) is 0. The fraction of sp³-hybridized carbons (Fsp3) is 0.273. The van der Waals surface area contributed by atoms with E-state index in [2.05, 4.69) is 13.0 Å². The minimum Gasteiger partial charge on any atom is -0.207 e. The van der Waals surface area contributed by atoms with Gasteiger partial charge in [0.15, 0.2) is 0 Å². The fourth-order valence-corrected chi connectivity index (χ4v) is 1.60. The summed E-state index contributed by atoms with van der Waals surface area (Å²) in [6, 6.07) is 5.01. The number of halogens is 1. The molecule has 0 unspecified atom stereocenters. The zero-order chi connectivity index (χ0) is 8.55. The summed E-state index contributed by atoms with van der Waals surface area (Å²) in [5.41, 5.74) is 3.70. The highest BCUT2D eigenvalue weighted by Crippen LogP contribution is 2.23. The summed E-state index contributed by atoms with van der Waals surface area (Å²) in [6.45, 7) is 2.12. The Morgan fingerprint density at radius 3 is 2.92 bits per heavy atom. The van der Waals surface area contributed by atoms with Crippen LogP contribution in [0.3, 0.4) is 0 Å². The molecule has 1 aliphatic rings. The third-order valence-corrected chi connectivity index (χ3v) is 2.30. The van der Waals surface area contributed by atoms with Gasteiger partial charge in [0.1, 0.15) is 5.82 Å². The van der Waals surface area contributed by atoms with Crippen molar-refractivity contribution >= 4 is 6.08 Å². The normalized spacial score (nSPS) is 15.3. The molecule has 12 heavy (non-hydrogen) atoms. The Balaban J connectivity index is 2.51. The maximum atomic E-state index is 12.8. The number of rotatable bonds is 0. The number of allylic oxidation sites excluding steroid dienone is 1. The van der Waals surface area contributed by atoms with Crippen LogP contribution in [-0.4, -0.2) is 0 Å². The van der Waals surface area contributed by atoms with Crippen molar-refractivity contribution in [2.45, 2.75) is 19.8 Å². The molecule has 0 aliphatic heterocycles. The van der Waals surface area contributed by atoms with Crippen LogP contribution in [0.5, 0.6) is 0 Å². The number of fused-ring (bicyclic) bond motifs is 1. The minimum absolute atomic E-state index is 0.123. The van der Waals surface area contributed by atoms with Crippen molar-refractivity contribution in [3.8, 4) is 0 Å². The predicted molar refractivity (Wildman–Crippen MR) is 48.4 cm³/mol. The zero-order valence-corrected chi connectivity index (χ0v) is 7.10. The van der Waals surface area contributed by atoms with Gasteiger partial charge in [-0.1, -0.05) is 17.7 Å². The summed E-state index contributed by atoms with van der Waals surface area (Å²) in [4.78, 5) is 0. The van der Waals surface area contributed by atoms with Crippen LogP contribution in [0, 0.1) is 5.82 Å². The van der Waals surface area contributed by atoms with Crippen molar-refractivity contribution in [2.75, 3.05) is 0 Å². The van der Waals surface area contributed by atoms with Crippen LogP contribution in [0.25, 0.3) is 6.08 Å². The topological polar surface area (TPSA) is 0 Å². The molecule has 1 aromatic rings. The summed E-state index contributed by atoms with van der Waals surface area (Å²) in [7, 11) is 0. The monoisotopic (exact) mass is 162 g/mol. The summed E-state index contributed by atoms with van der Waals surface area (Å²) in [5.74, 6) is -0.123. The van der Waals surface area contributed by atoms with Gasteiger partial charge in [0.2, 0.25) is 0 Å². The van der Waals surface area contributed by atoms with E-state index >= 15 is 0 Å². The standard InChI is InChI=1S/C11H11F/c1-8-2-3-10-7-11(12)5-4-9(10)6-8/h4-7H,2-3H2,1H3. The molecule has 1 aromatic carbocycles. The highest BCUT2D eigenvalue weighted by molar-refractivity contribution is 5.58. The van der Waals surface area contributed by atoms with Crippen molar-refractivity contribution < 1.29 is 4.39 Å². The van der Waals surface area contributed by atoms with Crippen LogP contribution in [0.2, 0.25) is 0 Å². The third-order valence-electron chi connectivity index (χ3n) is 2.30. The molecular formula is C11H11F. The second-order valence-electron chi connectivity index (χ2n) is 3.33. The average Bonchev–Trinajstić information content (AvgIpc) is 2.05. The van der Waals surface area contributed by atoms with Crippen LogP contribution in [0.15, 0.2) is 23.8 Å². The first-order valence-corrected chi connectivity index (χ1v) is 4.21. The molecule has 0 bridgehead atoms. The van der Waals surface area contributed by atoms with E-state index in [1.165, 1.54) is 17.2 Å². The molecule has 1 heteroatoms. The van der Waals surface area contributed by atoms with E-state index in [-0.39, 0.29) is 5.82 Å². The van der Waals surface area contributed by atoms with Crippen LogP contribution in [0.1, 0.15) is 24.5 Å². The van der Waals surface area contributed by atoms with Crippen LogP contribution < -0.4 is 0 Å². The van der Waals surface area contributed by atoms with Gasteiger partial charge in [-0.25, -0.2) is 4.39 Å². The first-order chi connectivity index (χ1) is 5.75. The molecule has 0 saturated carbocycles. The molecule has 0 heterocycles. The van der Waals surface area contributed by atoms with Gasteiger partial charge >= 0.3 is 0 Å². The lowest BCUT2D eigenvalue weighted by atomic mass is 9.93. The van der Waals surface area contributed by atoms with Crippen LogP contribution >= 0.6 is 0 Å². The molecule has 2 rings (SSSR count). The molecule has 0 fully saturated rings. The molecule has 0 N–H and O–H groups in total. The molecular weight excluding hydrogens is 151 g/mol. The quantitative estimate of drug-likeness (QED) is 0.549. The Morgan fingerprint density at radius 2 is 2.08 bits per heavy atom. The maximum Gasteiger partial charge on any atom is 0.123 e. The van der Waals surface area contributed by atoms with E-state index in [1.54, 1.807) is 6.07 Å². The van der Waals surface area contributed by atoms with E-state index in [0.29, 0.717) is 0 Å².